The van der Waals surface area contributed by atoms with Crippen LogP contribution in [0.5, 0.6) is 5.75 Å². The van der Waals surface area contributed by atoms with E-state index in [9.17, 15) is 14.0 Å². The molecule has 3 aromatic rings. The number of rotatable bonds is 7. The van der Waals surface area contributed by atoms with Crippen LogP contribution in [0, 0.1) is 12.7 Å². The van der Waals surface area contributed by atoms with Gasteiger partial charge in [0.25, 0.3) is 11.8 Å². The van der Waals surface area contributed by atoms with Gasteiger partial charge in [0.05, 0.1) is 16.0 Å². The highest BCUT2D eigenvalue weighted by Crippen LogP contribution is 2.28. The number of amides is 2. The van der Waals surface area contributed by atoms with Gasteiger partial charge in [0.2, 0.25) is 0 Å². The molecule has 0 radical (unpaired) electrons. The van der Waals surface area contributed by atoms with Gasteiger partial charge in [-0.25, -0.2) is 4.39 Å². The van der Waals surface area contributed by atoms with Gasteiger partial charge >= 0.3 is 0 Å². The van der Waals surface area contributed by atoms with Crippen LogP contribution in [0.25, 0.3) is 0 Å². The van der Waals surface area contributed by atoms with Crippen LogP contribution in [0.1, 0.15) is 38.4 Å². The summed E-state index contributed by atoms with van der Waals surface area (Å²) in [6.45, 7) is 3.05. The smallest absolute Gasteiger partial charge is 0.266 e. The maximum absolute atomic E-state index is 13.4. The van der Waals surface area contributed by atoms with Crippen LogP contribution in [0.15, 0.2) is 54.6 Å². The highest BCUT2D eigenvalue weighted by Gasteiger charge is 2.18. The van der Waals surface area contributed by atoms with Crippen molar-refractivity contribution in [3.8, 4) is 5.75 Å². The molecule has 32 heavy (non-hydrogen) atoms. The molecule has 1 atom stereocenters. The molecule has 1 saturated heterocycles. The van der Waals surface area contributed by atoms with Crippen molar-refractivity contribution >= 4 is 33.8 Å². The van der Waals surface area contributed by atoms with Gasteiger partial charge in [0.1, 0.15) is 18.2 Å². The molecule has 1 fully saturated rings. The van der Waals surface area contributed by atoms with Gasteiger partial charge < -0.3 is 20.1 Å². The molecule has 0 spiro atoms. The lowest BCUT2D eigenvalue weighted by molar-refractivity contribution is 0.0680. The molecule has 2 aromatic carbocycles. The summed E-state index contributed by atoms with van der Waals surface area (Å²) in [5.41, 5.74) is 1.55. The number of hydrogen-bond donors (Lipinski definition) is 2. The lowest BCUT2D eigenvalue weighted by atomic mass is 10.2. The topological polar surface area (TPSA) is 76.7 Å². The molecule has 2 N–H and O–H groups in total. The number of halogens is 1. The Balaban J connectivity index is 1.39. The van der Waals surface area contributed by atoms with E-state index in [4.69, 9.17) is 9.47 Å². The third-order valence-corrected chi connectivity index (χ3v) is 6.15. The summed E-state index contributed by atoms with van der Waals surface area (Å²) in [6.07, 6.45) is 2.16. The number of thiophene rings is 1. The summed E-state index contributed by atoms with van der Waals surface area (Å²) in [5, 5.41) is 6.10. The predicted molar refractivity (Wildman–Crippen MR) is 122 cm³/mol. The molecular weight excluding hydrogens is 431 g/mol. The van der Waals surface area contributed by atoms with E-state index in [0.717, 1.165) is 42.4 Å². The van der Waals surface area contributed by atoms with Crippen molar-refractivity contribution < 1.29 is 23.5 Å². The summed E-state index contributed by atoms with van der Waals surface area (Å²) in [5.74, 6) is -0.546. The van der Waals surface area contributed by atoms with Crippen molar-refractivity contribution in [2.75, 3.05) is 23.8 Å². The van der Waals surface area contributed by atoms with E-state index in [1.807, 2.05) is 12.1 Å². The van der Waals surface area contributed by atoms with Crippen LogP contribution < -0.4 is 15.4 Å². The summed E-state index contributed by atoms with van der Waals surface area (Å²) < 4.78 is 24.7. The Kier molecular flexibility index (Phi) is 6.82. The van der Waals surface area contributed by atoms with E-state index in [0.29, 0.717) is 27.9 Å². The van der Waals surface area contributed by atoms with Crippen molar-refractivity contribution in [1.29, 1.82) is 0 Å². The monoisotopic (exact) mass is 454 g/mol. The van der Waals surface area contributed by atoms with E-state index >= 15 is 0 Å². The van der Waals surface area contributed by atoms with Gasteiger partial charge in [-0.15, -0.1) is 11.3 Å². The molecule has 0 aliphatic carbocycles. The van der Waals surface area contributed by atoms with Crippen LogP contribution in [0.4, 0.5) is 15.1 Å². The van der Waals surface area contributed by atoms with E-state index in [1.54, 1.807) is 25.1 Å². The zero-order valence-corrected chi connectivity index (χ0v) is 18.3. The lowest BCUT2D eigenvalue weighted by Crippen LogP contribution is -2.16. The molecule has 2 amide bonds. The van der Waals surface area contributed by atoms with Crippen LogP contribution in [-0.4, -0.2) is 31.1 Å². The standard InChI is InChI=1S/C24H23FN2O4S/c1-15-11-21(27-23(28)16-5-2-6-17(25)12-16)32-22(15)24(29)26-18-7-3-8-19(13-18)31-14-20-9-4-10-30-20/h2-3,5-8,11-13,20H,4,9-10,14H2,1H3,(H,26,29)(H,27,28). The Labute approximate surface area is 189 Å². The second-order valence-corrected chi connectivity index (χ2v) is 8.57. The highest BCUT2D eigenvalue weighted by atomic mass is 32.1. The van der Waals surface area contributed by atoms with Gasteiger partial charge in [-0.2, -0.15) is 0 Å². The molecule has 8 heteroatoms. The Morgan fingerprint density at radius 2 is 1.97 bits per heavy atom. The van der Waals surface area contributed by atoms with Crippen LogP contribution >= 0.6 is 11.3 Å². The number of hydrogen-bond acceptors (Lipinski definition) is 5. The summed E-state index contributed by atoms with van der Waals surface area (Å²) >= 11 is 1.16. The molecule has 2 heterocycles. The Bertz CT molecular complexity index is 1120. The zero-order chi connectivity index (χ0) is 22.5. The van der Waals surface area contributed by atoms with E-state index < -0.39 is 11.7 Å². The first-order valence-electron chi connectivity index (χ1n) is 10.3. The summed E-state index contributed by atoms with van der Waals surface area (Å²) in [4.78, 5) is 25.6. The third kappa shape index (κ3) is 5.52. The quantitative estimate of drug-likeness (QED) is 0.511. The van der Waals surface area contributed by atoms with Crippen molar-refractivity contribution in [1.82, 2.24) is 0 Å². The highest BCUT2D eigenvalue weighted by molar-refractivity contribution is 7.18. The summed E-state index contributed by atoms with van der Waals surface area (Å²) in [6, 6.07) is 14.4. The fourth-order valence-electron chi connectivity index (χ4n) is 3.40. The van der Waals surface area contributed by atoms with Gasteiger partial charge in [0, 0.05) is 23.9 Å². The number of benzene rings is 2. The number of ether oxygens (including phenoxy) is 2. The lowest BCUT2D eigenvalue weighted by Gasteiger charge is -2.12. The number of anilines is 2. The second-order valence-electron chi connectivity index (χ2n) is 7.52. The molecule has 1 unspecified atom stereocenters. The maximum Gasteiger partial charge on any atom is 0.266 e. The largest absolute Gasteiger partial charge is 0.491 e. The number of carbonyl (C=O) groups excluding carboxylic acids is 2. The van der Waals surface area contributed by atoms with Crippen LogP contribution in [0.2, 0.25) is 0 Å². The first kappa shape index (κ1) is 22.0. The summed E-state index contributed by atoms with van der Waals surface area (Å²) in [7, 11) is 0. The normalized spacial score (nSPS) is 15.4. The number of nitrogens with one attached hydrogen (secondary N) is 2. The minimum atomic E-state index is -0.484. The van der Waals surface area contributed by atoms with E-state index in [1.165, 1.54) is 18.2 Å². The molecule has 0 saturated carbocycles. The molecule has 1 aromatic heterocycles. The first-order valence-corrected chi connectivity index (χ1v) is 11.1. The molecule has 1 aliphatic heterocycles. The average molecular weight is 455 g/mol. The van der Waals surface area contributed by atoms with Crippen molar-refractivity contribution in [3.63, 3.8) is 0 Å². The minimum absolute atomic E-state index is 0.114. The predicted octanol–water partition coefficient (Wildman–Crippen LogP) is 5.26. The SMILES string of the molecule is Cc1cc(NC(=O)c2cccc(F)c2)sc1C(=O)Nc1cccc(OCC2CCCO2)c1. The molecule has 6 nitrogen and oxygen atoms in total. The average Bonchev–Trinajstić information content (AvgIpc) is 3.42. The van der Waals surface area contributed by atoms with Gasteiger partial charge in [-0.3, -0.25) is 9.59 Å². The maximum atomic E-state index is 13.4. The molecular formula is C24H23FN2O4S. The van der Waals surface area contributed by atoms with Crippen molar-refractivity contribution in [2.45, 2.75) is 25.9 Å². The van der Waals surface area contributed by atoms with Crippen LogP contribution in [-0.2, 0) is 4.74 Å². The van der Waals surface area contributed by atoms with Gasteiger partial charge in [-0.05, 0) is 61.7 Å². The van der Waals surface area contributed by atoms with Gasteiger partial charge in [0.15, 0.2) is 0 Å². The first-order chi connectivity index (χ1) is 15.5. The van der Waals surface area contributed by atoms with Crippen molar-refractivity contribution in [2.24, 2.45) is 0 Å². The fourth-order valence-corrected chi connectivity index (χ4v) is 4.36. The Hall–Kier alpha value is -3.23. The molecule has 4 rings (SSSR count). The van der Waals surface area contributed by atoms with Gasteiger partial charge in [-0.1, -0.05) is 12.1 Å². The Morgan fingerprint density at radius 1 is 1.12 bits per heavy atom. The third-order valence-electron chi connectivity index (χ3n) is 5.00. The number of carbonyl (C=O) groups is 2. The van der Waals surface area contributed by atoms with Crippen molar-refractivity contribution in [3.05, 3.63) is 76.4 Å². The molecule has 1 aliphatic rings. The van der Waals surface area contributed by atoms with E-state index in [-0.39, 0.29) is 17.6 Å². The molecule has 166 valence electrons. The minimum Gasteiger partial charge on any atom is -0.491 e. The fraction of sp³-hybridized carbons (Fsp3) is 0.250. The van der Waals surface area contributed by atoms with E-state index in [2.05, 4.69) is 10.6 Å². The number of aryl methyl sites for hydroxylation is 1. The second kappa shape index (κ2) is 9.93. The van der Waals surface area contributed by atoms with Crippen LogP contribution in [0.3, 0.4) is 0 Å². The molecule has 0 bridgehead atoms. The Morgan fingerprint density at radius 3 is 2.75 bits per heavy atom. The zero-order valence-electron chi connectivity index (χ0n) is 17.5.